The summed E-state index contributed by atoms with van der Waals surface area (Å²) >= 11 is 5.45. The Morgan fingerprint density at radius 2 is 2.05 bits per heavy atom. The van der Waals surface area contributed by atoms with E-state index in [1.807, 2.05) is 36.0 Å². The van der Waals surface area contributed by atoms with Crippen molar-refractivity contribution in [3.63, 3.8) is 0 Å². The molecule has 0 aliphatic carbocycles. The van der Waals surface area contributed by atoms with Gasteiger partial charge in [-0.15, -0.1) is 0 Å². The Balaban J connectivity index is 1.86. The van der Waals surface area contributed by atoms with Crippen LogP contribution < -0.4 is 0 Å². The predicted molar refractivity (Wildman–Crippen MR) is 86.0 cm³/mol. The third-order valence-electron chi connectivity index (χ3n) is 3.30. The molecule has 1 saturated heterocycles. The number of rotatable bonds is 4. The van der Waals surface area contributed by atoms with Gasteiger partial charge in [-0.3, -0.25) is 4.79 Å². The van der Waals surface area contributed by atoms with Gasteiger partial charge in [-0.25, -0.2) is 0 Å². The van der Waals surface area contributed by atoms with Crippen LogP contribution in [0.1, 0.15) is 30.6 Å². The Kier molecular flexibility index (Phi) is 5.48. The lowest BCUT2D eigenvalue weighted by atomic mass is 10.1. The van der Waals surface area contributed by atoms with E-state index in [9.17, 15) is 4.79 Å². The number of hydrogen-bond acceptors (Lipinski definition) is 3. The zero-order valence-corrected chi connectivity index (χ0v) is 13.8. The van der Waals surface area contributed by atoms with E-state index in [0.717, 1.165) is 29.7 Å². The quantitative estimate of drug-likeness (QED) is 0.776. The molecule has 1 heterocycles. The van der Waals surface area contributed by atoms with Crippen LogP contribution >= 0.6 is 27.7 Å². The molecule has 1 aromatic carbocycles. The Hall–Kier alpha value is -0.320. The average molecular weight is 342 g/mol. The number of benzene rings is 1. The number of thioether (sulfide) groups is 1. The highest BCUT2D eigenvalue weighted by atomic mass is 79.9. The van der Waals surface area contributed by atoms with Crippen molar-refractivity contribution in [2.75, 3.05) is 19.6 Å². The largest absolute Gasteiger partial charge is 0.301 e. The van der Waals surface area contributed by atoms with Gasteiger partial charge in [-0.2, -0.15) is 11.8 Å². The maximum absolute atomic E-state index is 12.1. The first-order valence-corrected chi connectivity index (χ1v) is 8.45. The molecular weight excluding hydrogens is 322 g/mol. The molecule has 1 aliphatic rings. The fourth-order valence-electron chi connectivity index (χ4n) is 2.53. The Morgan fingerprint density at radius 1 is 1.37 bits per heavy atom. The smallest absolute Gasteiger partial charge is 0.164 e. The average Bonchev–Trinajstić information content (AvgIpc) is 2.35. The van der Waals surface area contributed by atoms with Gasteiger partial charge in [-0.1, -0.05) is 41.9 Å². The van der Waals surface area contributed by atoms with Gasteiger partial charge in [0, 0.05) is 46.6 Å². The molecular formula is C15H20BrNOS. The molecule has 4 heteroatoms. The lowest BCUT2D eigenvalue weighted by molar-refractivity contribution is 0.0963. The zero-order valence-electron chi connectivity index (χ0n) is 11.4. The maximum atomic E-state index is 12.1. The summed E-state index contributed by atoms with van der Waals surface area (Å²) in [7, 11) is 0. The molecule has 0 saturated carbocycles. The van der Waals surface area contributed by atoms with Gasteiger partial charge < -0.3 is 4.90 Å². The zero-order chi connectivity index (χ0) is 13.8. The van der Waals surface area contributed by atoms with Crippen LogP contribution in [0.2, 0.25) is 0 Å². The third kappa shape index (κ3) is 4.62. The van der Waals surface area contributed by atoms with Crippen molar-refractivity contribution in [1.29, 1.82) is 0 Å². The number of hydrogen-bond donors (Lipinski definition) is 0. The van der Waals surface area contributed by atoms with Crippen molar-refractivity contribution < 1.29 is 4.79 Å². The minimum atomic E-state index is 0.236. The summed E-state index contributed by atoms with van der Waals surface area (Å²) in [6, 6.07) is 7.66. The van der Waals surface area contributed by atoms with Gasteiger partial charge >= 0.3 is 0 Å². The number of halogens is 1. The summed E-state index contributed by atoms with van der Waals surface area (Å²) in [5.74, 6) is 0.236. The van der Waals surface area contributed by atoms with E-state index >= 15 is 0 Å². The fourth-order valence-corrected chi connectivity index (χ4v) is 4.32. The minimum absolute atomic E-state index is 0.236. The molecule has 0 spiro atoms. The number of carbonyl (C=O) groups excluding carboxylic acids is 1. The number of Topliss-reactive ketones (excluding diaryl/α,β-unsaturated/α-hetero) is 1. The summed E-state index contributed by atoms with van der Waals surface area (Å²) in [5.41, 5.74) is 0.807. The molecule has 2 rings (SSSR count). The van der Waals surface area contributed by atoms with Gasteiger partial charge in [0.05, 0.1) is 0 Å². The summed E-state index contributed by atoms with van der Waals surface area (Å²) < 4.78 is 0.968. The molecule has 1 aliphatic heterocycles. The van der Waals surface area contributed by atoms with Crippen molar-refractivity contribution in [2.24, 2.45) is 0 Å². The van der Waals surface area contributed by atoms with Gasteiger partial charge in [0.2, 0.25) is 0 Å². The van der Waals surface area contributed by atoms with Gasteiger partial charge in [0.15, 0.2) is 5.78 Å². The van der Waals surface area contributed by atoms with Crippen LogP contribution in [0, 0.1) is 0 Å². The van der Waals surface area contributed by atoms with Crippen LogP contribution in [0.4, 0.5) is 0 Å². The molecule has 104 valence electrons. The fraction of sp³-hybridized carbons (Fsp3) is 0.533. The normalized spacial score (nSPS) is 24.4. The van der Waals surface area contributed by atoms with E-state index in [1.54, 1.807) is 0 Å². The van der Waals surface area contributed by atoms with E-state index in [1.165, 1.54) is 0 Å². The van der Waals surface area contributed by atoms with Crippen LogP contribution in [-0.4, -0.2) is 40.8 Å². The second kappa shape index (κ2) is 6.91. The summed E-state index contributed by atoms with van der Waals surface area (Å²) in [6.07, 6.45) is 0.612. The lowest BCUT2D eigenvalue weighted by Crippen LogP contribution is -2.41. The topological polar surface area (TPSA) is 20.3 Å². The molecule has 0 N–H and O–H groups in total. The van der Waals surface area contributed by atoms with Gasteiger partial charge in [0.1, 0.15) is 0 Å². The van der Waals surface area contributed by atoms with Crippen molar-refractivity contribution in [1.82, 2.24) is 4.90 Å². The standard InChI is InChI=1S/C15H20BrNOS/c1-11-9-17(10-12(2)19-11)7-6-15(18)13-4-3-5-14(16)8-13/h3-5,8,11-12H,6-7,9-10H2,1-2H3. The Bertz CT molecular complexity index is 442. The summed E-state index contributed by atoms with van der Waals surface area (Å²) in [5, 5.41) is 1.34. The van der Waals surface area contributed by atoms with Crippen LogP contribution in [0.15, 0.2) is 28.7 Å². The van der Waals surface area contributed by atoms with E-state index in [-0.39, 0.29) is 5.78 Å². The molecule has 2 unspecified atom stereocenters. The lowest BCUT2D eigenvalue weighted by Gasteiger charge is -2.34. The summed E-state index contributed by atoms with van der Waals surface area (Å²) in [6.45, 7) is 7.61. The highest BCUT2D eigenvalue weighted by Crippen LogP contribution is 2.24. The second-order valence-corrected chi connectivity index (χ2v) is 8.00. The Labute approximate surface area is 128 Å². The van der Waals surface area contributed by atoms with Crippen molar-refractivity contribution in [2.45, 2.75) is 30.8 Å². The molecule has 0 aromatic heterocycles. The first-order valence-electron chi connectivity index (χ1n) is 6.71. The van der Waals surface area contributed by atoms with Gasteiger partial charge in [-0.05, 0) is 12.1 Å². The van der Waals surface area contributed by atoms with Crippen molar-refractivity contribution in [3.05, 3.63) is 34.3 Å². The molecule has 2 atom stereocenters. The molecule has 1 aromatic rings. The second-order valence-electron chi connectivity index (χ2n) is 5.20. The van der Waals surface area contributed by atoms with E-state index in [2.05, 4.69) is 34.7 Å². The highest BCUT2D eigenvalue weighted by molar-refractivity contribution is 9.10. The summed E-state index contributed by atoms with van der Waals surface area (Å²) in [4.78, 5) is 14.6. The molecule has 19 heavy (non-hydrogen) atoms. The first kappa shape index (κ1) is 15.1. The third-order valence-corrected chi connectivity index (χ3v) is 5.02. The number of nitrogens with zero attached hydrogens (tertiary/aromatic N) is 1. The first-order chi connectivity index (χ1) is 9.04. The van der Waals surface area contributed by atoms with E-state index < -0.39 is 0 Å². The van der Waals surface area contributed by atoms with E-state index in [4.69, 9.17) is 0 Å². The van der Waals surface area contributed by atoms with E-state index in [0.29, 0.717) is 16.9 Å². The molecule has 1 fully saturated rings. The highest BCUT2D eigenvalue weighted by Gasteiger charge is 2.22. The minimum Gasteiger partial charge on any atom is -0.301 e. The van der Waals surface area contributed by atoms with Gasteiger partial charge in [0.25, 0.3) is 0 Å². The Morgan fingerprint density at radius 3 is 2.68 bits per heavy atom. The van der Waals surface area contributed by atoms with Crippen LogP contribution in [0.5, 0.6) is 0 Å². The van der Waals surface area contributed by atoms with Crippen molar-refractivity contribution >= 4 is 33.5 Å². The monoisotopic (exact) mass is 341 g/mol. The van der Waals surface area contributed by atoms with Crippen LogP contribution in [-0.2, 0) is 0 Å². The van der Waals surface area contributed by atoms with Crippen LogP contribution in [0.25, 0.3) is 0 Å². The maximum Gasteiger partial charge on any atom is 0.164 e. The molecule has 0 radical (unpaired) electrons. The van der Waals surface area contributed by atoms with Crippen molar-refractivity contribution in [3.8, 4) is 0 Å². The predicted octanol–water partition coefficient (Wildman–Crippen LogP) is 3.85. The van der Waals surface area contributed by atoms with Crippen LogP contribution in [0.3, 0.4) is 0 Å². The molecule has 0 amide bonds. The molecule has 2 nitrogen and oxygen atoms in total. The number of carbonyl (C=O) groups is 1. The SMILES string of the molecule is CC1CN(CCC(=O)c2cccc(Br)c2)CC(C)S1. The number of ketones is 1. The molecule has 0 bridgehead atoms.